The Bertz CT molecular complexity index is 583. The molecule has 0 aliphatic carbocycles. The number of rotatable bonds is 2. The van der Waals surface area contributed by atoms with Crippen LogP contribution in [0.2, 0.25) is 0 Å². The summed E-state index contributed by atoms with van der Waals surface area (Å²) in [5.41, 5.74) is 2.18. The Hall–Kier alpha value is -1.26. The van der Waals surface area contributed by atoms with Gasteiger partial charge in [-0.2, -0.15) is 0 Å². The van der Waals surface area contributed by atoms with Gasteiger partial charge < -0.3 is 14.2 Å². The summed E-state index contributed by atoms with van der Waals surface area (Å²) in [6, 6.07) is 8.51. The highest BCUT2D eigenvalue weighted by Gasteiger charge is 2.28. The normalized spacial score (nSPS) is 24.1. The highest BCUT2D eigenvalue weighted by molar-refractivity contribution is 6.18. The summed E-state index contributed by atoms with van der Waals surface area (Å²) in [5.74, 6) is 1.51. The lowest BCUT2D eigenvalue weighted by Gasteiger charge is -2.38. The first-order valence-corrected chi connectivity index (χ1v) is 7.10. The summed E-state index contributed by atoms with van der Waals surface area (Å²) in [6.45, 7) is 3.65. The number of nitrogens with zero attached hydrogens (tertiary/aromatic N) is 3. The van der Waals surface area contributed by atoms with E-state index >= 15 is 0 Å². The molecule has 19 heavy (non-hydrogen) atoms. The predicted octanol–water partition coefficient (Wildman–Crippen LogP) is 2.41. The van der Waals surface area contributed by atoms with Crippen LogP contribution in [0.3, 0.4) is 0 Å². The first kappa shape index (κ1) is 12.8. The Morgan fingerprint density at radius 2 is 2.21 bits per heavy atom. The number of halogens is 1. The largest absolute Gasteiger partial charge is 0.373 e. The molecule has 1 saturated heterocycles. The lowest BCUT2D eigenvalue weighted by Crippen LogP contribution is -2.50. The molecule has 3 rings (SSSR count). The summed E-state index contributed by atoms with van der Waals surface area (Å²) < 4.78 is 7.84. The van der Waals surface area contributed by atoms with Crippen LogP contribution in [-0.4, -0.2) is 40.7 Å². The number of anilines is 1. The number of hydrogen-bond acceptors (Lipinski definition) is 3. The van der Waals surface area contributed by atoms with Crippen LogP contribution in [0, 0.1) is 0 Å². The zero-order valence-corrected chi connectivity index (χ0v) is 12.0. The molecule has 0 amide bonds. The lowest BCUT2D eigenvalue weighted by atomic mass is 10.2. The molecule has 5 heteroatoms. The van der Waals surface area contributed by atoms with Gasteiger partial charge in [0, 0.05) is 13.6 Å². The first-order valence-electron chi connectivity index (χ1n) is 6.56. The topological polar surface area (TPSA) is 30.3 Å². The molecule has 1 fully saturated rings. The van der Waals surface area contributed by atoms with Gasteiger partial charge in [0.15, 0.2) is 0 Å². The van der Waals surface area contributed by atoms with Crippen LogP contribution >= 0.6 is 11.6 Å². The fourth-order valence-corrected chi connectivity index (χ4v) is 2.77. The van der Waals surface area contributed by atoms with E-state index in [1.54, 1.807) is 0 Å². The van der Waals surface area contributed by atoms with Crippen molar-refractivity contribution in [1.29, 1.82) is 0 Å². The van der Waals surface area contributed by atoms with Crippen LogP contribution in [0.15, 0.2) is 24.3 Å². The second-order valence-corrected chi connectivity index (χ2v) is 5.38. The van der Waals surface area contributed by atoms with Gasteiger partial charge in [0.2, 0.25) is 5.95 Å². The van der Waals surface area contributed by atoms with Crippen LogP contribution in [0.5, 0.6) is 0 Å². The molecule has 0 radical (unpaired) electrons. The number of hydrogen-bond donors (Lipinski definition) is 0. The van der Waals surface area contributed by atoms with Gasteiger partial charge in [-0.1, -0.05) is 12.1 Å². The van der Waals surface area contributed by atoms with Gasteiger partial charge in [-0.05, 0) is 19.1 Å². The number of ether oxygens (including phenoxy) is 1. The van der Waals surface area contributed by atoms with Crippen molar-refractivity contribution in [2.24, 2.45) is 7.05 Å². The Labute approximate surface area is 117 Å². The van der Waals surface area contributed by atoms with Crippen molar-refractivity contribution < 1.29 is 4.74 Å². The summed E-state index contributed by atoms with van der Waals surface area (Å²) in [6.07, 6.45) is 0.0812. The second kappa shape index (κ2) is 5.02. The van der Waals surface area contributed by atoms with E-state index in [1.165, 1.54) is 0 Å². The molecule has 1 aromatic heterocycles. The van der Waals surface area contributed by atoms with E-state index in [1.807, 2.05) is 18.2 Å². The number of aromatic nitrogens is 2. The van der Waals surface area contributed by atoms with Crippen LogP contribution in [0.25, 0.3) is 11.0 Å². The van der Waals surface area contributed by atoms with Crippen molar-refractivity contribution in [2.75, 3.05) is 23.9 Å². The van der Waals surface area contributed by atoms with E-state index in [0.29, 0.717) is 18.5 Å². The van der Waals surface area contributed by atoms with E-state index in [0.717, 1.165) is 23.5 Å². The molecule has 0 spiro atoms. The molecule has 0 saturated carbocycles. The van der Waals surface area contributed by atoms with Gasteiger partial charge in [0.1, 0.15) is 0 Å². The molecular formula is C14H18ClN3O. The summed E-state index contributed by atoms with van der Waals surface area (Å²) in [4.78, 5) is 7.03. The van der Waals surface area contributed by atoms with Crippen LogP contribution in [0.1, 0.15) is 6.92 Å². The Morgan fingerprint density at radius 3 is 2.95 bits per heavy atom. The smallest absolute Gasteiger partial charge is 0.206 e. The second-order valence-electron chi connectivity index (χ2n) is 5.07. The number of aryl methyl sites for hydroxylation is 1. The van der Waals surface area contributed by atoms with Gasteiger partial charge in [-0.25, -0.2) is 4.98 Å². The standard InChI is InChI=1S/C14H18ClN3O/c1-10-9-19-11(7-15)8-18(10)14-16-12-5-3-4-6-13(12)17(14)2/h3-6,10-11H,7-9H2,1-2H3. The molecule has 2 aromatic rings. The highest BCUT2D eigenvalue weighted by Crippen LogP contribution is 2.25. The first-order chi connectivity index (χ1) is 9.20. The minimum Gasteiger partial charge on any atom is -0.373 e. The molecule has 1 aliphatic heterocycles. The molecule has 2 atom stereocenters. The Morgan fingerprint density at radius 1 is 1.42 bits per heavy atom. The number of morpholine rings is 1. The zero-order valence-electron chi connectivity index (χ0n) is 11.2. The zero-order chi connectivity index (χ0) is 13.4. The number of benzene rings is 1. The third-order valence-corrected chi connectivity index (χ3v) is 4.04. The van der Waals surface area contributed by atoms with Gasteiger partial charge in [0.05, 0.1) is 35.7 Å². The maximum atomic E-state index is 5.92. The van der Waals surface area contributed by atoms with Crippen LogP contribution < -0.4 is 4.90 Å². The number of alkyl halides is 1. The summed E-state index contributed by atoms with van der Waals surface area (Å²) in [7, 11) is 2.06. The van der Waals surface area contributed by atoms with Gasteiger partial charge in [0.25, 0.3) is 0 Å². The fraction of sp³-hybridized carbons (Fsp3) is 0.500. The number of fused-ring (bicyclic) bond motifs is 1. The van der Waals surface area contributed by atoms with E-state index in [9.17, 15) is 0 Å². The van der Waals surface area contributed by atoms with Crippen molar-refractivity contribution in [3.05, 3.63) is 24.3 Å². The summed E-state index contributed by atoms with van der Waals surface area (Å²) >= 11 is 5.92. The maximum Gasteiger partial charge on any atom is 0.206 e. The number of para-hydroxylation sites is 2. The van der Waals surface area contributed by atoms with Gasteiger partial charge >= 0.3 is 0 Å². The lowest BCUT2D eigenvalue weighted by molar-refractivity contribution is 0.0356. The quantitative estimate of drug-likeness (QED) is 0.791. The van der Waals surface area contributed by atoms with E-state index in [2.05, 4.69) is 29.5 Å². The summed E-state index contributed by atoms with van der Waals surface area (Å²) in [5, 5.41) is 0. The third kappa shape index (κ3) is 2.19. The molecule has 4 nitrogen and oxygen atoms in total. The molecular weight excluding hydrogens is 262 g/mol. The molecule has 2 unspecified atom stereocenters. The molecule has 102 valence electrons. The molecule has 0 bridgehead atoms. The molecule has 1 aromatic carbocycles. The Kier molecular flexibility index (Phi) is 3.37. The minimum absolute atomic E-state index is 0.0812. The van der Waals surface area contributed by atoms with E-state index < -0.39 is 0 Å². The van der Waals surface area contributed by atoms with Crippen molar-refractivity contribution in [2.45, 2.75) is 19.1 Å². The third-order valence-electron chi connectivity index (χ3n) is 3.70. The molecule has 1 aliphatic rings. The van der Waals surface area contributed by atoms with Crippen LogP contribution in [-0.2, 0) is 11.8 Å². The van der Waals surface area contributed by atoms with Gasteiger partial charge in [-0.15, -0.1) is 11.6 Å². The molecule has 0 N–H and O–H groups in total. The van der Waals surface area contributed by atoms with Crippen molar-refractivity contribution in [3.8, 4) is 0 Å². The predicted molar refractivity (Wildman–Crippen MR) is 78.0 cm³/mol. The number of imidazole rings is 1. The average Bonchev–Trinajstić information content (AvgIpc) is 2.77. The monoisotopic (exact) mass is 279 g/mol. The highest BCUT2D eigenvalue weighted by atomic mass is 35.5. The Balaban J connectivity index is 2.00. The van der Waals surface area contributed by atoms with E-state index in [4.69, 9.17) is 21.3 Å². The maximum absolute atomic E-state index is 5.92. The van der Waals surface area contributed by atoms with Crippen molar-refractivity contribution in [3.63, 3.8) is 0 Å². The van der Waals surface area contributed by atoms with E-state index in [-0.39, 0.29) is 6.10 Å². The van der Waals surface area contributed by atoms with Crippen LogP contribution in [0.4, 0.5) is 5.95 Å². The van der Waals surface area contributed by atoms with Crippen molar-refractivity contribution >= 4 is 28.6 Å². The van der Waals surface area contributed by atoms with Crippen molar-refractivity contribution in [1.82, 2.24) is 9.55 Å². The SMILES string of the molecule is CC1COC(CCl)CN1c1nc2ccccc2n1C. The fourth-order valence-electron chi connectivity index (χ4n) is 2.58. The average molecular weight is 280 g/mol. The minimum atomic E-state index is 0.0812. The molecule has 2 heterocycles. The van der Waals surface area contributed by atoms with Gasteiger partial charge in [-0.3, -0.25) is 0 Å².